The molecule has 0 aliphatic rings. The van der Waals surface area contributed by atoms with Crippen molar-refractivity contribution in [3.8, 4) is 5.75 Å². The summed E-state index contributed by atoms with van der Waals surface area (Å²) in [5.41, 5.74) is 1.27. The van der Waals surface area contributed by atoms with Crippen molar-refractivity contribution in [1.82, 2.24) is 9.97 Å². The fourth-order valence-corrected chi connectivity index (χ4v) is 2.26. The maximum absolute atomic E-state index is 5.14. The van der Waals surface area contributed by atoms with Crippen LogP contribution in [0.1, 0.15) is 18.3 Å². The molecule has 20 heavy (non-hydrogen) atoms. The molecule has 0 spiro atoms. The standard InChI is InChI=1S/C15H18BrN3O/c1-3-14-18-13(16)10-15(19-14)17-9-8-11-4-6-12(20-2)7-5-11/h4-7,10H,3,8-9H2,1-2H3,(H,17,18,19). The highest BCUT2D eigenvalue weighted by molar-refractivity contribution is 9.10. The average Bonchev–Trinajstić information content (AvgIpc) is 2.47. The third-order valence-corrected chi connectivity index (χ3v) is 3.34. The van der Waals surface area contributed by atoms with Gasteiger partial charge >= 0.3 is 0 Å². The summed E-state index contributed by atoms with van der Waals surface area (Å²) in [4.78, 5) is 8.73. The van der Waals surface area contributed by atoms with E-state index in [-0.39, 0.29) is 0 Å². The number of hydrogen-bond acceptors (Lipinski definition) is 4. The first-order valence-electron chi connectivity index (χ1n) is 6.61. The van der Waals surface area contributed by atoms with Gasteiger partial charge in [0.15, 0.2) is 0 Å². The van der Waals surface area contributed by atoms with Gasteiger partial charge < -0.3 is 10.1 Å². The minimum absolute atomic E-state index is 0.816. The molecule has 1 heterocycles. The van der Waals surface area contributed by atoms with Crippen molar-refractivity contribution in [2.24, 2.45) is 0 Å². The van der Waals surface area contributed by atoms with E-state index in [2.05, 4.69) is 43.3 Å². The van der Waals surface area contributed by atoms with E-state index < -0.39 is 0 Å². The number of aryl methyl sites for hydroxylation is 1. The Hall–Kier alpha value is -1.62. The molecule has 5 heteroatoms. The molecule has 0 saturated carbocycles. The van der Waals surface area contributed by atoms with E-state index in [1.165, 1.54) is 5.56 Å². The maximum Gasteiger partial charge on any atom is 0.131 e. The van der Waals surface area contributed by atoms with E-state index in [0.29, 0.717) is 0 Å². The summed E-state index contributed by atoms with van der Waals surface area (Å²) in [6.45, 7) is 2.88. The molecule has 0 fully saturated rings. The molecule has 0 radical (unpaired) electrons. The van der Waals surface area contributed by atoms with Crippen molar-refractivity contribution >= 4 is 21.7 Å². The fraction of sp³-hybridized carbons (Fsp3) is 0.333. The van der Waals surface area contributed by atoms with E-state index in [0.717, 1.165) is 41.4 Å². The number of ether oxygens (including phenoxy) is 1. The van der Waals surface area contributed by atoms with Crippen LogP contribution in [0.15, 0.2) is 34.9 Å². The van der Waals surface area contributed by atoms with Crippen molar-refractivity contribution in [1.29, 1.82) is 0 Å². The zero-order chi connectivity index (χ0) is 14.4. The molecular weight excluding hydrogens is 318 g/mol. The van der Waals surface area contributed by atoms with Gasteiger partial charge in [-0.3, -0.25) is 0 Å². The first kappa shape index (κ1) is 14.8. The number of hydrogen-bond donors (Lipinski definition) is 1. The second kappa shape index (κ2) is 7.24. The minimum Gasteiger partial charge on any atom is -0.497 e. The Balaban J connectivity index is 1.90. The Labute approximate surface area is 127 Å². The maximum atomic E-state index is 5.14. The van der Waals surface area contributed by atoms with Crippen LogP contribution >= 0.6 is 15.9 Å². The highest BCUT2D eigenvalue weighted by atomic mass is 79.9. The number of nitrogens with one attached hydrogen (secondary N) is 1. The van der Waals surface area contributed by atoms with Crippen molar-refractivity contribution in [3.05, 3.63) is 46.3 Å². The lowest BCUT2D eigenvalue weighted by atomic mass is 10.1. The van der Waals surface area contributed by atoms with Crippen LogP contribution in [0.3, 0.4) is 0 Å². The Morgan fingerprint density at radius 2 is 1.95 bits per heavy atom. The summed E-state index contributed by atoms with van der Waals surface area (Å²) in [5, 5.41) is 3.32. The van der Waals surface area contributed by atoms with E-state index in [9.17, 15) is 0 Å². The summed E-state index contributed by atoms with van der Waals surface area (Å²) in [5.74, 6) is 2.58. The van der Waals surface area contributed by atoms with Crippen molar-refractivity contribution in [3.63, 3.8) is 0 Å². The largest absolute Gasteiger partial charge is 0.497 e. The van der Waals surface area contributed by atoms with E-state index in [1.54, 1.807) is 7.11 Å². The number of anilines is 1. The van der Waals surface area contributed by atoms with E-state index in [4.69, 9.17) is 4.74 Å². The number of methoxy groups -OCH3 is 1. The van der Waals surface area contributed by atoms with E-state index in [1.807, 2.05) is 25.1 Å². The van der Waals surface area contributed by atoms with Gasteiger partial charge in [0.05, 0.1) is 7.11 Å². The lowest BCUT2D eigenvalue weighted by molar-refractivity contribution is 0.414. The number of rotatable bonds is 6. The van der Waals surface area contributed by atoms with Crippen LogP contribution in [0, 0.1) is 0 Å². The third kappa shape index (κ3) is 4.20. The highest BCUT2D eigenvalue weighted by Crippen LogP contribution is 2.14. The van der Waals surface area contributed by atoms with Gasteiger partial charge in [-0.15, -0.1) is 0 Å². The summed E-state index contributed by atoms with van der Waals surface area (Å²) in [6, 6.07) is 10.0. The van der Waals surface area contributed by atoms with Gasteiger partial charge in [-0.2, -0.15) is 0 Å². The summed E-state index contributed by atoms with van der Waals surface area (Å²) < 4.78 is 5.96. The van der Waals surface area contributed by atoms with Crippen LogP contribution < -0.4 is 10.1 Å². The van der Waals surface area contributed by atoms with Gasteiger partial charge in [-0.1, -0.05) is 19.1 Å². The Kier molecular flexibility index (Phi) is 5.35. The van der Waals surface area contributed by atoms with Gasteiger partial charge in [0, 0.05) is 19.0 Å². The van der Waals surface area contributed by atoms with Crippen molar-refractivity contribution < 1.29 is 4.74 Å². The van der Waals surface area contributed by atoms with Crippen LogP contribution in [0.4, 0.5) is 5.82 Å². The molecule has 2 aromatic rings. The van der Waals surface area contributed by atoms with Gasteiger partial charge in [0.1, 0.15) is 22.0 Å². The quantitative estimate of drug-likeness (QED) is 0.821. The van der Waals surface area contributed by atoms with Crippen LogP contribution in [0.2, 0.25) is 0 Å². The molecule has 0 saturated heterocycles. The average molecular weight is 336 g/mol. The molecule has 0 atom stereocenters. The molecule has 106 valence electrons. The van der Waals surface area contributed by atoms with Crippen LogP contribution in [-0.4, -0.2) is 23.6 Å². The second-order valence-corrected chi connectivity index (χ2v) is 5.18. The molecule has 0 bridgehead atoms. The summed E-state index contributed by atoms with van der Waals surface area (Å²) in [7, 11) is 1.68. The molecule has 0 aliphatic carbocycles. The number of halogens is 1. The minimum atomic E-state index is 0.816. The molecule has 1 aromatic carbocycles. The fourth-order valence-electron chi connectivity index (χ4n) is 1.84. The van der Waals surface area contributed by atoms with E-state index >= 15 is 0 Å². The van der Waals surface area contributed by atoms with Gasteiger partial charge in [-0.25, -0.2) is 9.97 Å². The first-order chi connectivity index (χ1) is 9.71. The molecule has 0 unspecified atom stereocenters. The van der Waals surface area contributed by atoms with Crippen LogP contribution in [0.25, 0.3) is 0 Å². The smallest absolute Gasteiger partial charge is 0.131 e. The SMILES string of the molecule is CCc1nc(Br)cc(NCCc2ccc(OC)cc2)n1. The first-order valence-corrected chi connectivity index (χ1v) is 7.41. The Morgan fingerprint density at radius 1 is 1.20 bits per heavy atom. The predicted octanol–water partition coefficient (Wildman–Crippen LogP) is 3.46. The lowest BCUT2D eigenvalue weighted by Crippen LogP contribution is -2.08. The third-order valence-electron chi connectivity index (χ3n) is 2.94. The Morgan fingerprint density at radius 3 is 2.60 bits per heavy atom. The zero-order valence-corrected chi connectivity index (χ0v) is 13.3. The van der Waals surface area contributed by atoms with Crippen molar-refractivity contribution in [2.45, 2.75) is 19.8 Å². The lowest BCUT2D eigenvalue weighted by Gasteiger charge is -2.08. The molecule has 1 aromatic heterocycles. The van der Waals surface area contributed by atoms with Crippen LogP contribution in [0.5, 0.6) is 5.75 Å². The highest BCUT2D eigenvalue weighted by Gasteiger charge is 2.01. The monoisotopic (exact) mass is 335 g/mol. The van der Waals surface area contributed by atoms with Crippen LogP contribution in [-0.2, 0) is 12.8 Å². The number of aromatic nitrogens is 2. The molecular formula is C15H18BrN3O. The molecule has 4 nitrogen and oxygen atoms in total. The predicted molar refractivity (Wildman–Crippen MR) is 84.3 cm³/mol. The number of nitrogens with zero attached hydrogens (tertiary/aromatic N) is 2. The second-order valence-electron chi connectivity index (χ2n) is 4.37. The normalized spacial score (nSPS) is 10.3. The topological polar surface area (TPSA) is 47.0 Å². The van der Waals surface area contributed by atoms with Gasteiger partial charge in [0.2, 0.25) is 0 Å². The molecule has 0 amide bonds. The zero-order valence-electron chi connectivity index (χ0n) is 11.7. The number of benzene rings is 1. The molecule has 1 N–H and O–H groups in total. The van der Waals surface area contributed by atoms with Crippen molar-refractivity contribution in [2.75, 3.05) is 19.0 Å². The van der Waals surface area contributed by atoms with Gasteiger partial charge in [-0.05, 0) is 40.0 Å². The molecule has 0 aliphatic heterocycles. The summed E-state index contributed by atoms with van der Waals surface area (Å²) in [6.07, 6.45) is 1.76. The Bertz CT molecular complexity index is 558. The summed E-state index contributed by atoms with van der Waals surface area (Å²) >= 11 is 3.40. The van der Waals surface area contributed by atoms with Gasteiger partial charge in [0.25, 0.3) is 0 Å². The molecule has 2 rings (SSSR count).